The molecule has 0 aromatic heterocycles. The predicted octanol–water partition coefficient (Wildman–Crippen LogP) is 1.14. The summed E-state index contributed by atoms with van der Waals surface area (Å²) in [5.74, 6) is -0.181. The largest absolute Gasteiger partial charge is 0.461 e. The SMILES string of the molecule is C=CCOC(=O)C1(C)CCOC1. The standard InChI is InChI=1S/C9H14O3/c1-3-5-12-8(10)9(2)4-6-11-7-9/h3H,1,4-7H2,2H3. The summed E-state index contributed by atoms with van der Waals surface area (Å²) in [7, 11) is 0. The molecule has 0 aliphatic carbocycles. The van der Waals surface area contributed by atoms with Crippen molar-refractivity contribution in [1.82, 2.24) is 0 Å². The zero-order valence-corrected chi connectivity index (χ0v) is 7.34. The Hall–Kier alpha value is -0.830. The Bertz CT molecular complexity index is 180. The molecule has 0 aromatic rings. The summed E-state index contributed by atoms with van der Waals surface area (Å²) in [6.07, 6.45) is 2.32. The second-order valence-corrected chi connectivity index (χ2v) is 3.25. The maximum absolute atomic E-state index is 11.4. The lowest BCUT2D eigenvalue weighted by atomic mass is 9.90. The number of carbonyl (C=O) groups excluding carboxylic acids is 1. The highest BCUT2D eigenvalue weighted by Gasteiger charge is 2.38. The maximum atomic E-state index is 11.4. The van der Waals surface area contributed by atoms with E-state index in [0.717, 1.165) is 6.42 Å². The van der Waals surface area contributed by atoms with Crippen LogP contribution in [0.3, 0.4) is 0 Å². The molecule has 0 bridgehead atoms. The smallest absolute Gasteiger partial charge is 0.314 e. The number of ether oxygens (including phenoxy) is 2. The molecule has 1 aliphatic rings. The van der Waals surface area contributed by atoms with Crippen molar-refractivity contribution in [3.63, 3.8) is 0 Å². The lowest BCUT2D eigenvalue weighted by molar-refractivity contribution is -0.153. The molecule has 1 rings (SSSR count). The number of rotatable bonds is 3. The fourth-order valence-electron chi connectivity index (χ4n) is 1.14. The Labute approximate surface area is 72.4 Å². The van der Waals surface area contributed by atoms with Gasteiger partial charge in [-0.25, -0.2) is 0 Å². The molecule has 0 amide bonds. The predicted molar refractivity (Wildman–Crippen MR) is 44.7 cm³/mol. The van der Waals surface area contributed by atoms with Gasteiger partial charge in [0, 0.05) is 6.61 Å². The highest BCUT2D eigenvalue weighted by atomic mass is 16.5. The third kappa shape index (κ3) is 1.85. The molecule has 3 nitrogen and oxygen atoms in total. The minimum atomic E-state index is -0.428. The molecule has 1 aliphatic heterocycles. The molecule has 3 heteroatoms. The average Bonchev–Trinajstić information content (AvgIpc) is 2.49. The molecule has 1 heterocycles. The van der Waals surface area contributed by atoms with Gasteiger partial charge in [-0.1, -0.05) is 12.7 Å². The van der Waals surface area contributed by atoms with Crippen molar-refractivity contribution in [3.05, 3.63) is 12.7 Å². The molecule has 0 N–H and O–H groups in total. The van der Waals surface area contributed by atoms with Gasteiger partial charge in [-0.15, -0.1) is 0 Å². The summed E-state index contributed by atoms with van der Waals surface area (Å²) in [4.78, 5) is 11.4. The lowest BCUT2D eigenvalue weighted by Gasteiger charge is -2.18. The summed E-state index contributed by atoms with van der Waals surface area (Å²) in [6.45, 7) is 6.75. The van der Waals surface area contributed by atoms with Crippen LogP contribution in [0.5, 0.6) is 0 Å². The van der Waals surface area contributed by atoms with E-state index < -0.39 is 5.41 Å². The van der Waals surface area contributed by atoms with Crippen LogP contribution in [-0.4, -0.2) is 25.8 Å². The number of carbonyl (C=O) groups is 1. The molecule has 68 valence electrons. The zero-order chi connectivity index (χ0) is 9.03. The topological polar surface area (TPSA) is 35.5 Å². The molecule has 1 atom stereocenters. The number of esters is 1. The van der Waals surface area contributed by atoms with Crippen LogP contribution in [0.1, 0.15) is 13.3 Å². The highest BCUT2D eigenvalue weighted by Crippen LogP contribution is 2.28. The third-order valence-corrected chi connectivity index (χ3v) is 2.04. The molecule has 0 saturated carbocycles. The molecule has 1 saturated heterocycles. The van der Waals surface area contributed by atoms with Gasteiger partial charge in [0.1, 0.15) is 6.61 Å². The normalized spacial score (nSPS) is 28.4. The summed E-state index contributed by atoms with van der Waals surface area (Å²) in [6, 6.07) is 0. The first-order valence-corrected chi connectivity index (χ1v) is 4.05. The van der Waals surface area contributed by atoms with Gasteiger partial charge in [0.2, 0.25) is 0 Å². The Morgan fingerprint density at radius 3 is 3.08 bits per heavy atom. The van der Waals surface area contributed by atoms with Crippen LogP contribution in [0.15, 0.2) is 12.7 Å². The van der Waals surface area contributed by atoms with Crippen LogP contribution >= 0.6 is 0 Å². The van der Waals surface area contributed by atoms with Crippen LogP contribution in [-0.2, 0) is 14.3 Å². The van der Waals surface area contributed by atoms with Crippen molar-refractivity contribution < 1.29 is 14.3 Å². The molecule has 1 unspecified atom stereocenters. The fourth-order valence-corrected chi connectivity index (χ4v) is 1.14. The van der Waals surface area contributed by atoms with Crippen molar-refractivity contribution in [2.75, 3.05) is 19.8 Å². The van der Waals surface area contributed by atoms with E-state index in [2.05, 4.69) is 6.58 Å². The van der Waals surface area contributed by atoms with Crippen LogP contribution < -0.4 is 0 Å². The fraction of sp³-hybridized carbons (Fsp3) is 0.667. The van der Waals surface area contributed by atoms with E-state index in [9.17, 15) is 4.79 Å². The summed E-state index contributed by atoms with van der Waals surface area (Å²) < 4.78 is 10.1. The average molecular weight is 170 g/mol. The molecular formula is C9H14O3. The minimum absolute atomic E-state index is 0.181. The summed E-state index contributed by atoms with van der Waals surface area (Å²) >= 11 is 0. The van der Waals surface area contributed by atoms with Crippen molar-refractivity contribution in [2.45, 2.75) is 13.3 Å². The van der Waals surface area contributed by atoms with Crippen molar-refractivity contribution in [2.24, 2.45) is 5.41 Å². The molecule has 1 fully saturated rings. The van der Waals surface area contributed by atoms with Gasteiger partial charge in [0.25, 0.3) is 0 Å². The van der Waals surface area contributed by atoms with E-state index in [-0.39, 0.29) is 12.6 Å². The van der Waals surface area contributed by atoms with Gasteiger partial charge in [0.05, 0.1) is 12.0 Å². The third-order valence-electron chi connectivity index (χ3n) is 2.04. The lowest BCUT2D eigenvalue weighted by Crippen LogP contribution is -2.30. The van der Waals surface area contributed by atoms with E-state index in [1.165, 1.54) is 0 Å². The molecular weight excluding hydrogens is 156 g/mol. The van der Waals surface area contributed by atoms with Gasteiger partial charge in [-0.3, -0.25) is 4.79 Å². The van der Waals surface area contributed by atoms with Crippen LogP contribution in [0, 0.1) is 5.41 Å². The Balaban J connectivity index is 2.44. The second-order valence-electron chi connectivity index (χ2n) is 3.25. The first-order chi connectivity index (χ1) is 5.69. The van der Waals surface area contributed by atoms with Gasteiger partial charge in [0.15, 0.2) is 0 Å². The van der Waals surface area contributed by atoms with E-state index >= 15 is 0 Å². The number of hydrogen-bond donors (Lipinski definition) is 0. The van der Waals surface area contributed by atoms with Crippen molar-refractivity contribution in [1.29, 1.82) is 0 Å². The van der Waals surface area contributed by atoms with Crippen molar-refractivity contribution in [3.8, 4) is 0 Å². The number of hydrogen-bond acceptors (Lipinski definition) is 3. The molecule has 12 heavy (non-hydrogen) atoms. The highest BCUT2D eigenvalue weighted by molar-refractivity contribution is 5.76. The van der Waals surface area contributed by atoms with E-state index in [0.29, 0.717) is 13.2 Å². The summed E-state index contributed by atoms with van der Waals surface area (Å²) in [5.41, 5.74) is -0.428. The van der Waals surface area contributed by atoms with E-state index in [4.69, 9.17) is 9.47 Å². The molecule has 0 radical (unpaired) electrons. The van der Waals surface area contributed by atoms with Gasteiger partial charge in [-0.05, 0) is 13.3 Å². The Morgan fingerprint density at radius 2 is 2.58 bits per heavy atom. The van der Waals surface area contributed by atoms with Gasteiger partial charge < -0.3 is 9.47 Å². The van der Waals surface area contributed by atoms with Crippen LogP contribution in [0.2, 0.25) is 0 Å². The maximum Gasteiger partial charge on any atom is 0.314 e. The van der Waals surface area contributed by atoms with Crippen LogP contribution in [0.4, 0.5) is 0 Å². The van der Waals surface area contributed by atoms with E-state index in [1.807, 2.05) is 6.92 Å². The Kier molecular flexibility index (Phi) is 2.87. The molecule has 0 spiro atoms. The minimum Gasteiger partial charge on any atom is -0.461 e. The zero-order valence-electron chi connectivity index (χ0n) is 7.34. The van der Waals surface area contributed by atoms with Gasteiger partial charge in [-0.2, -0.15) is 0 Å². The second kappa shape index (κ2) is 3.72. The van der Waals surface area contributed by atoms with E-state index in [1.54, 1.807) is 6.08 Å². The van der Waals surface area contributed by atoms with Gasteiger partial charge >= 0.3 is 5.97 Å². The Morgan fingerprint density at radius 1 is 1.83 bits per heavy atom. The monoisotopic (exact) mass is 170 g/mol. The first-order valence-electron chi connectivity index (χ1n) is 4.05. The first kappa shape index (κ1) is 9.26. The van der Waals surface area contributed by atoms with Crippen LogP contribution in [0.25, 0.3) is 0 Å². The quantitative estimate of drug-likeness (QED) is 0.470. The van der Waals surface area contributed by atoms with Crippen molar-refractivity contribution >= 4 is 5.97 Å². The molecule has 0 aromatic carbocycles. The summed E-state index contributed by atoms with van der Waals surface area (Å²) in [5, 5.41) is 0.